The molecule has 5 atom stereocenters. The van der Waals surface area contributed by atoms with Gasteiger partial charge in [0.25, 0.3) is 0 Å². The van der Waals surface area contributed by atoms with Gasteiger partial charge in [-0.1, -0.05) is 30.4 Å². The lowest BCUT2D eigenvalue weighted by molar-refractivity contribution is 0.320. The molecule has 2 heterocycles. The van der Waals surface area contributed by atoms with Crippen LogP contribution in [0.15, 0.2) is 67.4 Å². The summed E-state index contributed by atoms with van der Waals surface area (Å²) >= 11 is 0. The van der Waals surface area contributed by atoms with E-state index in [-0.39, 0.29) is 23.1 Å². The van der Waals surface area contributed by atoms with E-state index >= 15 is 0 Å². The fourth-order valence-corrected chi connectivity index (χ4v) is 5.67. The van der Waals surface area contributed by atoms with Crippen molar-refractivity contribution in [3.8, 4) is 0 Å². The summed E-state index contributed by atoms with van der Waals surface area (Å²) in [4.78, 5) is 9.30. The molecule has 39 heavy (non-hydrogen) atoms. The van der Waals surface area contributed by atoms with Crippen LogP contribution < -0.4 is 11.1 Å². The molecule has 2 aromatic rings. The summed E-state index contributed by atoms with van der Waals surface area (Å²) < 4.78 is 57.0. The van der Waals surface area contributed by atoms with Crippen LogP contribution in [-0.2, 0) is 9.84 Å². The molecule has 0 saturated heterocycles. The molecule has 9 nitrogen and oxygen atoms in total. The maximum absolute atomic E-state index is 13.0. The molecule has 2 aliphatic rings. The number of nitrogens with zero attached hydrogens (tertiary/aromatic N) is 4. The largest absolute Gasteiger partial charge is 0.422 e. The molecule has 1 aromatic heterocycles. The summed E-state index contributed by atoms with van der Waals surface area (Å²) in [6.07, 6.45) is 7.24. The van der Waals surface area contributed by atoms with Crippen LogP contribution in [0, 0.1) is 0 Å². The van der Waals surface area contributed by atoms with Crippen molar-refractivity contribution in [1.82, 2.24) is 15.5 Å². The van der Waals surface area contributed by atoms with Crippen molar-refractivity contribution in [2.24, 2.45) is 15.7 Å². The molecule has 0 amide bonds. The molecule has 0 fully saturated rings. The van der Waals surface area contributed by atoms with Crippen molar-refractivity contribution in [2.45, 2.75) is 67.6 Å². The van der Waals surface area contributed by atoms with E-state index in [2.05, 4.69) is 26.6 Å². The highest BCUT2D eigenvalue weighted by molar-refractivity contribution is 7.92. The number of rotatable bonds is 11. The van der Waals surface area contributed by atoms with E-state index in [0.29, 0.717) is 36.7 Å². The van der Waals surface area contributed by atoms with Gasteiger partial charge in [0, 0.05) is 24.9 Å². The smallest absolute Gasteiger partial charge is 0.244 e. The van der Waals surface area contributed by atoms with Crippen molar-refractivity contribution in [3.05, 3.63) is 65.4 Å². The molecule has 0 bridgehead atoms. The Kier molecular flexibility index (Phi) is 8.87. The number of sulfone groups is 1. The summed E-state index contributed by atoms with van der Waals surface area (Å²) in [5, 5.41) is 10.7. The minimum atomic E-state index is -3.64. The van der Waals surface area contributed by atoms with Crippen molar-refractivity contribution >= 4 is 21.8 Å². The number of nitrogens with two attached hydrogens (primary N) is 1. The molecule has 1 aliphatic carbocycles. The topological polar surface area (TPSA) is 136 Å². The van der Waals surface area contributed by atoms with E-state index in [1.54, 1.807) is 19.1 Å². The van der Waals surface area contributed by atoms with Gasteiger partial charge >= 0.3 is 0 Å². The zero-order valence-electron chi connectivity index (χ0n) is 22.2. The minimum absolute atomic E-state index is 0.0580. The number of allylic oxidation sites excluding steroid dienone is 2. The summed E-state index contributed by atoms with van der Waals surface area (Å²) in [7, 11) is -3.64. The second kappa shape index (κ2) is 12.0. The van der Waals surface area contributed by atoms with Gasteiger partial charge < -0.3 is 15.5 Å². The first kappa shape index (κ1) is 28.9. The number of hydrogen-bond donors (Lipinski definition) is 2. The van der Waals surface area contributed by atoms with Gasteiger partial charge in [-0.05, 0) is 51.3 Å². The highest BCUT2D eigenvalue weighted by atomic mass is 32.2. The number of aliphatic imine (C=N–C) groups is 2. The average molecular weight is 561 g/mol. The number of hydrogen-bond acceptors (Lipinski definition) is 9. The fraction of sp³-hybridized carbons (Fsp3) is 0.481. The number of halogens is 2. The third-order valence-electron chi connectivity index (χ3n) is 6.75. The van der Waals surface area contributed by atoms with Crippen LogP contribution in [0.3, 0.4) is 0 Å². The fourth-order valence-electron chi connectivity index (χ4n) is 4.29. The highest BCUT2D eigenvalue weighted by Gasteiger charge is 2.38. The SMILES string of the molecule is CC(F)CNCC1=CCC(c2nnc(C3N=C(c4ccc(S(=O)(=O)C(C)CCF)cc4)C=NC3(C)N)o2)C=C1. The first-order chi connectivity index (χ1) is 18.5. The molecule has 210 valence electrons. The molecular formula is C27H34F2N6O3S. The zero-order chi connectivity index (χ0) is 28.2. The first-order valence-corrected chi connectivity index (χ1v) is 14.4. The summed E-state index contributed by atoms with van der Waals surface area (Å²) in [6.45, 7) is 4.90. The van der Waals surface area contributed by atoms with Gasteiger partial charge in [0.15, 0.2) is 15.9 Å². The zero-order valence-corrected chi connectivity index (χ0v) is 23.0. The summed E-state index contributed by atoms with van der Waals surface area (Å²) in [5.41, 5.74) is 7.47. The van der Waals surface area contributed by atoms with Crippen molar-refractivity contribution < 1.29 is 21.6 Å². The Morgan fingerprint density at radius 2 is 1.92 bits per heavy atom. The predicted octanol–water partition coefficient (Wildman–Crippen LogP) is 3.80. The van der Waals surface area contributed by atoms with E-state index in [0.717, 1.165) is 5.57 Å². The molecule has 0 spiro atoms. The quantitative estimate of drug-likeness (QED) is 0.427. The molecular weight excluding hydrogens is 526 g/mol. The van der Waals surface area contributed by atoms with Crippen LogP contribution in [0.4, 0.5) is 8.78 Å². The predicted molar refractivity (Wildman–Crippen MR) is 146 cm³/mol. The molecule has 0 radical (unpaired) electrons. The van der Waals surface area contributed by atoms with Gasteiger partial charge in [0.05, 0.1) is 28.4 Å². The van der Waals surface area contributed by atoms with E-state index in [1.807, 2.05) is 12.2 Å². The van der Waals surface area contributed by atoms with Crippen LogP contribution in [0.1, 0.15) is 62.9 Å². The Bertz CT molecular complexity index is 1380. The van der Waals surface area contributed by atoms with Crippen LogP contribution in [0.2, 0.25) is 0 Å². The van der Waals surface area contributed by atoms with Gasteiger partial charge in [0.1, 0.15) is 11.8 Å². The average Bonchev–Trinajstić information content (AvgIpc) is 3.39. The third-order valence-corrected chi connectivity index (χ3v) is 8.97. The van der Waals surface area contributed by atoms with Crippen molar-refractivity contribution in [1.29, 1.82) is 0 Å². The Morgan fingerprint density at radius 3 is 2.56 bits per heavy atom. The van der Waals surface area contributed by atoms with Gasteiger partial charge in [-0.2, -0.15) is 0 Å². The maximum Gasteiger partial charge on any atom is 0.244 e. The molecule has 5 unspecified atom stereocenters. The van der Waals surface area contributed by atoms with Crippen molar-refractivity contribution in [2.75, 3.05) is 19.8 Å². The minimum Gasteiger partial charge on any atom is -0.422 e. The second-order valence-electron chi connectivity index (χ2n) is 10.1. The standard InChI is InChI=1S/C27H34F2N6O3S/c1-17(29)14-31-15-19-4-6-21(7-5-19)25-34-35-26(38-25)24-27(3,30)32-16-23(33-24)20-8-10-22(11-9-20)39(36,37)18(2)12-13-28/h4-6,8-11,16-18,21,24,31H,7,12-15,30H2,1-3H3. The Balaban J connectivity index is 1.49. The molecule has 4 rings (SSSR count). The van der Waals surface area contributed by atoms with E-state index in [4.69, 9.17) is 15.1 Å². The lowest BCUT2D eigenvalue weighted by Gasteiger charge is -2.28. The van der Waals surface area contributed by atoms with Crippen LogP contribution in [0.25, 0.3) is 0 Å². The van der Waals surface area contributed by atoms with Gasteiger partial charge in [-0.15, -0.1) is 10.2 Å². The number of benzene rings is 1. The van der Waals surface area contributed by atoms with Gasteiger partial charge in [0.2, 0.25) is 11.8 Å². The van der Waals surface area contributed by atoms with Crippen LogP contribution in [0.5, 0.6) is 0 Å². The Hall–Kier alpha value is -3.09. The third kappa shape index (κ3) is 6.74. The number of aromatic nitrogens is 2. The molecule has 1 aromatic carbocycles. The normalized spacial score (nSPS) is 24.8. The molecule has 3 N–H and O–H groups in total. The van der Waals surface area contributed by atoms with Crippen LogP contribution in [-0.4, -0.2) is 67.4 Å². The van der Waals surface area contributed by atoms with Crippen molar-refractivity contribution in [3.63, 3.8) is 0 Å². The Labute approximate surface area is 227 Å². The molecule has 0 saturated carbocycles. The monoisotopic (exact) mass is 560 g/mol. The van der Waals surface area contributed by atoms with E-state index in [9.17, 15) is 17.2 Å². The summed E-state index contributed by atoms with van der Waals surface area (Å²) in [5.74, 6) is 0.551. The van der Waals surface area contributed by atoms with Gasteiger partial charge in [-0.25, -0.2) is 12.8 Å². The lowest BCUT2D eigenvalue weighted by Crippen LogP contribution is -2.43. The Morgan fingerprint density at radius 1 is 1.21 bits per heavy atom. The number of alkyl halides is 2. The number of nitrogens with one attached hydrogen (secondary N) is 1. The first-order valence-electron chi connectivity index (χ1n) is 12.9. The van der Waals surface area contributed by atoms with E-state index < -0.39 is 39.6 Å². The second-order valence-corrected chi connectivity index (χ2v) is 12.5. The molecule has 12 heteroatoms. The van der Waals surface area contributed by atoms with E-state index in [1.165, 1.54) is 32.2 Å². The van der Waals surface area contributed by atoms with Gasteiger partial charge in [-0.3, -0.25) is 14.4 Å². The maximum atomic E-state index is 13.0. The highest BCUT2D eigenvalue weighted by Crippen LogP contribution is 2.34. The summed E-state index contributed by atoms with van der Waals surface area (Å²) in [6, 6.07) is 5.48. The van der Waals surface area contributed by atoms with Crippen LogP contribution >= 0.6 is 0 Å². The lowest BCUT2D eigenvalue weighted by atomic mass is 9.96. The molecule has 1 aliphatic heterocycles.